The van der Waals surface area contributed by atoms with E-state index in [1.165, 1.54) is 4.90 Å². The van der Waals surface area contributed by atoms with E-state index >= 15 is 0 Å². The molecule has 3 aliphatic rings. The monoisotopic (exact) mass is 384 g/mol. The standard InChI is InChI=1S/C20H24N4O4/c1-2-28-19(26)14-6-5-10-22(12-14)17(25)13-24-16-8-4-3-7-15(16)18-21-9-11-23(18)20(24)27/h3-4,7-8,14H,2,5-6,9-13H2,1H3. The number of hydrogen-bond donors (Lipinski definition) is 0. The molecule has 0 saturated carbocycles. The first kappa shape index (κ1) is 18.5. The van der Waals surface area contributed by atoms with Crippen molar-refractivity contribution in [1.82, 2.24) is 9.80 Å². The normalized spacial score (nSPS) is 21.2. The third-order valence-corrected chi connectivity index (χ3v) is 5.43. The lowest BCUT2D eigenvalue weighted by molar-refractivity contribution is -0.151. The zero-order valence-corrected chi connectivity index (χ0v) is 16.0. The van der Waals surface area contributed by atoms with E-state index < -0.39 is 0 Å². The Morgan fingerprint density at radius 1 is 1.25 bits per heavy atom. The van der Waals surface area contributed by atoms with Crippen LogP contribution in [0.5, 0.6) is 0 Å². The molecule has 0 radical (unpaired) electrons. The SMILES string of the molecule is CCOC(=O)C1CCCN(C(=O)CN2C(=O)N3CCN=C3c3ccccc32)C1. The fourth-order valence-corrected chi connectivity index (χ4v) is 4.06. The molecule has 1 atom stereocenters. The molecule has 1 fully saturated rings. The molecule has 28 heavy (non-hydrogen) atoms. The Morgan fingerprint density at radius 3 is 2.89 bits per heavy atom. The number of likely N-dealkylation sites (tertiary alicyclic amines) is 1. The number of hydrogen-bond acceptors (Lipinski definition) is 5. The molecule has 0 spiro atoms. The van der Waals surface area contributed by atoms with Gasteiger partial charge in [-0.2, -0.15) is 0 Å². The van der Waals surface area contributed by atoms with Gasteiger partial charge in [0.2, 0.25) is 5.91 Å². The van der Waals surface area contributed by atoms with Crippen molar-refractivity contribution in [1.29, 1.82) is 0 Å². The van der Waals surface area contributed by atoms with Crippen LogP contribution < -0.4 is 4.90 Å². The van der Waals surface area contributed by atoms with Gasteiger partial charge in [-0.25, -0.2) is 4.79 Å². The molecule has 1 unspecified atom stereocenters. The van der Waals surface area contributed by atoms with Crippen molar-refractivity contribution in [2.24, 2.45) is 10.9 Å². The van der Waals surface area contributed by atoms with Crippen LogP contribution in [0.1, 0.15) is 25.3 Å². The molecule has 8 nitrogen and oxygen atoms in total. The molecule has 3 aliphatic heterocycles. The number of piperidine rings is 1. The summed E-state index contributed by atoms with van der Waals surface area (Å²) in [5, 5.41) is 0. The zero-order valence-electron chi connectivity index (χ0n) is 16.0. The van der Waals surface area contributed by atoms with Gasteiger partial charge >= 0.3 is 12.0 Å². The molecule has 4 rings (SSSR count). The predicted octanol–water partition coefficient (Wildman–Crippen LogP) is 1.49. The minimum Gasteiger partial charge on any atom is -0.466 e. The van der Waals surface area contributed by atoms with Crippen molar-refractivity contribution in [3.8, 4) is 0 Å². The maximum Gasteiger partial charge on any atom is 0.330 e. The summed E-state index contributed by atoms with van der Waals surface area (Å²) >= 11 is 0. The van der Waals surface area contributed by atoms with Crippen LogP contribution in [0.4, 0.5) is 10.5 Å². The number of esters is 1. The van der Waals surface area contributed by atoms with Crippen LogP contribution in [0.3, 0.4) is 0 Å². The van der Waals surface area contributed by atoms with E-state index in [0.717, 1.165) is 18.4 Å². The Morgan fingerprint density at radius 2 is 2.07 bits per heavy atom. The van der Waals surface area contributed by atoms with Crippen molar-refractivity contribution in [3.05, 3.63) is 29.8 Å². The number of rotatable bonds is 4. The second-order valence-corrected chi connectivity index (χ2v) is 7.17. The van der Waals surface area contributed by atoms with Crippen LogP contribution in [-0.2, 0) is 14.3 Å². The number of nitrogens with zero attached hydrogens (tertiary/aromatic N) is 4. The molecular weight excluding hydrogens is 360 g/mol. The first-order chi connectivity index (χ1) is 13.6. The first-order valence-electron chi connectivity index (χ1n) is 9.77. The Balaban J connectivity index is 1.51. The summed E-state index contributed by atoms with van der Waals surface area (Å²) in [6, 6.07) is 7.31. The smallest absolute Gasteiger partial charge is 0.330 e. The molecule has 0 aliphatic carbocycles. The fourth-order valence-electron chi connectivity index (χ4n) is 4.06. The van der Waals surface area contributed by atoms with Gasteiger partial charge in [-0.15, -0.1) is 0 Å². The van der Waals surface area contributed by atoms with E-state index in [4.69, 9.17) is 4.74 Å². The maximum atomic E-state index is 13.0. The van der Waals surface area contributed by atoms with E-state index in [1.54, 1.807) is 16.7 Å². The van der Waals surface area contributed by atoms with Crippen molar-refractivity contribution in [3.63, 3.8) is 0 Å². The second-order valence-electron chi connectivity index (χ2n) is 7.17. The van der Waals surface area contributed by atoms with Crippen molar-refractivity contribution < 1.29 is 19.1 Å². The zero-order chi connectivity index (χ0) is 19.7. The van der Waals surface area contributed by atoms with Gasteiger partial charge in [0.05, 0.1) is 24.8 Å². The largest absolute Gasteiger partial charge is 0.466 e. The average Bonchev–Trinajstić information content (AvgIpc) is 3.21. The summed E-state index contributed by atoms with van der Waals surface area (Å²) in [7, 11) is 0. The highest BCUT2D eigenvalue weighted by atomic mass is 16.5. The number of carbonyl (C=O) groups excluding carboxylic acids is 3. The van der Waals surface area contributed by atoms with Gasteiger partial charge in [0.25, 0.3) is 0 Å². The Kier molecular flexibility index (Phi) is 5.02. The lowest BCUT2D eigenvalue weighted by atomic mass is 9.98. The van der Waals surface area contributed by atoms with Gasteiger partial charge < -0.3 is 9.64 Å². The highest BCUT2D eigenvalue weighted by Crippen LogP contribution is 2.31. The number of carbonyl (C=O) groups is 3. The molecule has 148 valence electrons. The van der Waals surface area contributed by atoms with Gasteiger partial charge in [-0.1, -0.05) is 12.1 Å². The lowest BCUT2D eigenvalue weighted by Crippen LogP contribution is -2.54. The topological polar surface area (TPSA) is 82.5 Å². The number of amides is 3. The summed E-state index contributed by atoms with van der Waals surface area (Å²) in [4.78, 5) is 47.3. The molecule has 0 aromatic heterocycles. The van der Waals surface area contributed by atoms with Crippen molar-refractivity contribution in [2.75, 3.05) is 44.2 Å². The fraction of sp³-hybridized carbons (Fsp3) is 0.500. The molecule has 0 N–H and O–H groups in total. The van der Waals surface area contributed by atoms with Gasteiger partial charge in [0.15, 0.2) is 0 Å². The van der Waals surface area contributed by atoms with Crippen LogP contribution >= 0.6 is 0 Å². The Hall–Kier alpha value is -2.90. The number of para-hydroxylation sites is 1. The number of benzene rings is 1. The highest BCUT2D eigenvalue weighted by molar-refractivity contribution is 6.20. The molecule has 1 aromatic carbocycles. The molecule has 3 heterocycles. The van der Waals surface area contributed by atoms with Crippen molar-refractivity contribution in [2.45, 2.75) is 19.8 Å². The van der Waals surface area contributed by atoms with Gasteiger partial charge in [0.1, 0.15) is 12.4 Å². The molecule has 1 aromatic rings. The Labute approximate surface area is 163 Å². The minimum absolute atomic E-state index is 0.0465. The number of amidine groups is 1. The first-order valence-corrected chi connectivity index (χ1v) is 9.77. The molecule has 3 amide bonds. The number of aliphatic imine (C=N–C) groups is 1. The number of urea groups is 1. The molecule has 0 bridgehead atoms. The third kappa shape index (κ3) is 3.23. The number of anilines is 1. The van der Waals surface area contributed by atoms with Crippen LogP contribution in [0.25, 0.3) is 0 Å². The molecule has 8 heteroatoms. The summed E-state index contributed by atoms with van der Waals surface area (Å²) < 4.78 is 5.11. The second kappa shape index (κ2) is 7.61. The summed E-state index contributed by atoms with van der Waals surface area (Å²) in [5.41, 5.74) is 1.58. The van der Waals surface area contributed by atoms with E-state index in [9.17, 15) is 14.4 Å². The quantitative estimate of drug-likeness (QED) is 0.737. The number of ether oxygens (including phenoxy) is 1. The number of fused-ring (bicyclic) bond motifs is 3. The van der Waals surface area contributed by atoms with E-state index in [1.807, 2.05) is 24.3 Å². The van der Waals surface area contributed by atoms with Gasteiger partial charge in [-0.3, -0.25) is 24.4 Å². The van der Waals surface area contributed by atoms with Crippen LogP contribution in [0, 0.1) is 5.92 Å². The maximum absolute atomic E-state index is 13.0. The van der Waals surface area contributed by atoms with Crippen molar-refractivity contribution >= 4 is 29.4 Å². The molecule has 1 saturated heterocycles. The Bertz CT molecular complexity index is 837. The summed E-state index contributed by atoms with van der Waals surface area (Å²) in [6.07, 6.45) is 1.48. The highest BCUT2D eigenvalue weighted by Gasteiger charge is 2.39. The van der Waals surface area contributed by atoms with E-state index in [0.29, 0.717) is 44.3 Å². The average molecular weight is 384 g/mol. The minimum atomic E-state index is -0.292. The van der Waals surface area contributed by atoms with E-state index in [-0.39, 0.29) is 30.4 Å². The predicted molar refractivity (Wildman–Crippen MR) is 103 cm³/mol. The summed E-state index contributed by atoms with van der Waals surface area (Å²) in [5.74, 6) is -0.0157. The van der Waals surface area contributed by atoms with Gasteiger partial charge in [0, 0.05) is 25.2 Å². The summed E-state index contributed by atoms with van der Waals surface area (Å²) in [6.45, 7) is 4.11. The van der Waals surface area contributed by atoms with E-state index in [2.05, 4.69) is 4.99 Å². The molecular formula is C20H24N4O4. The third-order valence-electron chi connectivity index (χ3n) is 5.43. The van der Waals surface area contributed by atoms with Gasteiger partial charge in [-0.05, 0) is 31.9 Å². The lowest BCUT2D eigenvalue weighted by Gasteiger charge is -2.37. The van der Waals surface area contributed by atoms with Crippen LogP contribution in [0.15, 0.2) is 29.3 Å². The van der Waals surface area contributed by atoms with Crippen LogP contribution in [0.2, 0.25) is 0 Å². The van der Waals surface area contributed by atoms with Crippen LogP contribution in [-0.4, -0.2) is 72.9 Å².